The van der Waals surface area contributed by atoms with E-state index in [-0.39, 0.29) is 17.5 Å². The fourth-order valence-corrected chi connectivity index (χ4v) is 2.87. The summed E-state index contributed by atoms with van der Waals surface area (Å²) >= 11 is 0. The third-order valence-electron chi connectivity index (χ3n) is 3.97. The van der Waals surface area contributed by atoms with Crippen LogP contribution in [0, 0.1) is 5.82 Å². The maximum Gasteiger partial charge on any atom is 0.133 e. The molecule has 2 N–H and O–H groups in total. The number of hydrogen-bond acceptors (Lipinski definition) is 2. The lowest BCUT2D eigenvalue weighted by Gasteiger charge is -2.15. The first-order chi connectivity index (χ1) is 8.54. The summed E-state index contributed by atoms with van der Waals surface area (Å²) in [6.07, 6.45) is 3.56. The Bertz CT molecular complexity index is 443. The maximum atomic E-state index is 14.5. The number of aromatic hydroxyl groups is 1. The largest absolute Gasteiger partial charge is 0.508 e. The second-order valence-electron chi connectivity index (χ2n) is 5.48. The molecule has 0 aliphatic heterocycles. The smallest absolute Gasteiger partial charge is 0.133 e. The fourth-order valence-electron chi connectivity index (χ4n) is 2.87. The van der Waals surface area contributed by atoms with Gasteiger partial charge in [-0.05, 0) is 55.8 Å². The van der Waals surface area contributed by atoms with Crippen molar-refractivity contribution in [2.75, 3.05) is 7.05 Å². The molecule has 1 aromatic rings. The third-order valence-corrected chi connectivity index (χ3v) is 3.97. The molecule has 2 nitrogen and oxygen atoms in total. The van der Waals surface area contributed by atoms with Crippen LogP contribution in [0.4, 0.5) is 4.39 Å². The molecule has 0 spiro atoms. The molecule has 0 fully saturated rings. The molecule has 0 radical (unpaired) electrons. The molecule has 0 saturated carbocycles. The Kier molecular flexibility index (Phi) is 3.91. The highest BCUT2D eigenvalue weighted by atomic mass is 19.1. The van der Waals surface area contributed by atoms with Gasteiger partial charge in [-0.25, -0.2) is 4.39 Å². The van der Waals surface area contributed by atoms with Crippen molar-refractivity contribution in [3.63, 3.8) is 0 Å². The molecular formula is C15H22FNO. The molecule has 0 bridgehead atoms. The van der Waals surface area contributed by atoms with Crippen molar-refractivity contribution in [3.05, 3.63) is 28.6 Å². The Morgan fingerprint density at radius 3 is 2.61 bits per heavy atom. The Labute approximate surface area is 108 Å². The number of phenols is 1. The highest BCUT2D eigenvalue weighted by Gasteiger charge is 2.23. The van der Waals surface area contributed by atoms with E-state index in [4.69, 9.17) is 0 Å². The third kappa shape index (κ3) is 2.37. The molecule has 1 aliphatic carbocycles. The minimum Gasteiger partial charge on any atom is -0.508 e. The van der Waals surface area contributed by atoms with Crippen LogP contribution >= 0.6 is 0 Å². The first-order valence-electron chi connectivity index (χ1n) is 6.75. The van der Waals surface area contributed by atoms with Crippen molar-refractivity contribution in [1.29, 1.82) is 0 Å². The van der Waals surface area contributed by atoms with Gasteiger partial charge < -0.3 is 10.4 Å². The van der Waals surface area contributed by atoms with Crippen LogP contribution < -0.4 is 5.32 Å². The zero-order chi connectivity index (χ0) is 13.3. The van der Waals surface area contributed by atoms with Crippen molar-refractivity contribution >= 4 is 0 Å². The molecular weight excluding hydrogens is 229 g/mol. The van der Waals surface area contributed by atoms with Gasteiger partial charge in [-0.3, -0.25) is 0 Å². The van der Waals surface area contributed by atoms with Gasteiger partial charge in [-0.2, -0.15) is 0 Å². The Balaban J connectivity index is 2.43. The second-order valence-corrected chi connectivity index (χ2v) is 5.48. The van der Waals surface area contributed by atoms with E-state index in [1.807, 2.05) is 20.9 Å². The van der Waals surface area contributed by atoms with Gasteiger partial charge in [0.05, 0.1) is 0 Å². The maximum absolute atomic E-state index is 14.5. The van der Waals surface area contributed by atoms with Crippen LogP contribution in [0.3, 0.4) is 0 Å². The zero-order valence-corrected chi connectivity index (χ0v) is 11.4. The molecule has 0 heterocycles. The number of fused-ring (bicyclic) bond motifs is 1. The topological polar surface area (TPSA) is 32.3 Å². The van der Waals surface area contributed by atoms with Crippen LogP contribution in [0.2, 0.25) is 0 Å². The van der Waals surface area contributed by atoms with Gasteiger partial charge in [-0.15, -0.1) is 0 Å². The van der Waals surface area contributed by atoms with E-state index in [9.17, 15) is 9.50 Å². The molecule has 18 heavy (non-hydrogen) atoms. The lowest BCUT2D eigenvalue weighted by Crippen LogP contribution is -2.24. The van der Waals surface area contributed by atoms with Crippen molar-refractivity contribution in [2.45, 2.75) is 51.5 Å². The molecule has 1 atom stereocenters. The number of phenolic OH excluding ortho intramolecular Hbond substituents is 1. The van der Waals surface area contributed by atoms with Gasteiger partial charge >= 0.3 is 0 Å². The summed E-state index contributed by atoms with van der Waals surface area (Å²) < 4.78 is 14.5. The van der Waals surface area contributed by atoms with E-state index < -0.39 is 0 Å². The van der Waals surface area contributed by atoms with Gasteiger partial charge in [-0.1, -0.05) is 13.8 Å². The van der Waals surface area contributed by atoms with E-state index >= 15 is 0 Å². The van der Waals surface area contributed by atoms with Crippen LogP contribution in [-0.2, 0) is 12.8 Å². The molecule has 3 heteroatoms. The predicted octanol–water partition coefficient (Wildman–Crippen LogP) is 3.12. The molecule has 2 rings (SSSR count). The summed E-state index contributed by atoms with van der Waals surface area (Å²) in [5.41, 5.74) is 2.26. The predicted molar refractivity (Wildman–Crippen MR) is 71.6 cm³/mol. The normalized spacial score (nSPS) is 19.7. The molecule has 0 amide bonds. The summed E-state index contributed by atoms with van der Waals surface area (Å²) in [6.45, 7) is 3.83. The van der Waals surface area contributed by atoms with Gasteiger partial charge in [0, 0.05) is 11.6 Å². The van der Waals surface area contributed by atoms with Crippen LogP contribution in [-0.4, -0.2) is 18.2 Å². The highest BCUT2D eigenvalue weighted by molar-refractivity contribution is 5.45. The molecule has 0 saturated heterocycles. The molecule has 1 unspecified atom stereocenters. The van der Waals surface area contributed by atoms with E-state index in [0.29, 0.717) is 11.6 Å². The number of nitrogens with one attached hydrogen (secondary N) is 1. The second kappa shape index (κ2) is 5.27. The van der Waals surface area contributed by atoms with Crippen molar-refractivity contribution in [1.82, 2.24) is 5.32 Å². The van der Waals surface area contributed by atoms with Gasteiger partial charge in [0.15, 0.2) is 0 Å². The lowest BCUT2D eigenvalue weighted by molar-refractivity contribution is 0.450. The average molecular weight is 251 g/mol. The van der Waals surface area contributed by atoms with E-state index in [1.54, 1.807) is 6.07 Å². The number of benzene rings is 1. The monoisotopic (exact) mass is 251 g/mol. The Morgan fingerprint density at radius 2 is 2.00 bits per heavy atom. The molecule has 100 valence electrons. The summed E-state index contributed by atoms with van der Waals surface area (Å²) in [6, 6.07) is 2.22. The van der Waals surface area contributed by atoms with E-state index in [1.165, 1.54) is 0 Å². The summed E-state index contributed by atoms with van der Waals surface area (Å²) in [5, 5.41) is 13.2. The number of hydrogen-bond donors (Lipinski definition) is 2. The van der Waals surface area contributed by atoms with Crippen LogP contribution in [0.25, 0.3) is 0 Å². The minimum absolute atomic E-state index is 0.0126. The zero-order valence-electron chi connectivity index (χ0n) is 11.4. The number of rotatable bonds is 2. The van der Waals surface area contributed by atoms with Crippen molar-refractivity contribution in [3.8, 4) is 5.75 Å². The molecule has 1 aliphatic rings. The quantitative estimate of drug-likeness (QED) is 0.792. The average Bonchev–Trinajstić information content (AvgIpc) is 2.50. The first-order valence-corrected chi connectivity index (χ1v) is 6.75. The van der Waals surface area contributed by atoms with Gasteiger partial charge in [0.25, 0.3) is 0 Å². The highest BCUT2D eigenvalue weighted by Crippen LogP contribution is 2.35. The first kappa shape index (κ1) is 13.3. The SMILES string of the molecule is CNC1CCc2cc(O)c(C(C)C)c(F)c2CC1. The lowest BCUT2D eigenvalue weighted by atomic mass is 9.93. The summed E-state index contributed by atoms with van der Waals surface area (Å²) in [4.78, 5) is 0. The van der Waals surface area contributed by atoms with Crippen LogP contribution in [0.5, 0.6) is 5.75 Å². The number of aryl methyl sites for hydroxylation is 1. The Hall–Kier alpha value is -1.09. The van der Waals surface area contributed by atoms with Crippen molar-refractivity contribution in [2.24, 2.45) is 0 Å². The van der Waals surface area contributed by atoms with Crippen molar-refractivity contribution < 1.29 is 9.50 Å². The molecule has 0 aromatic heterocycles. The van der Waals surface area contributed by atoms with E-state index in [0.717, 1.165) is 36.8 Å². The van der Waals surface area contributed by atoms with E-state index in [2.05, 4.69) is 5.32 Å². The standard InChI is InChI=1S/C15H22FNO/c1-9(2)14-13(18)8-10-4-5-11(17-3)6-7-12(10)15(14)16/h8-9,11,17-18H,4-7H2,1-3H3. The van der Waals surface area contributed by atoms with Gasteiger partial charge in [0.1, 0.15) is 11.6 Å². The summed E-state index contributed by atoms with van der Waals surface area (Å²) in [7, 11) is 1.95. The van der Waals surface area contributed by atoms with Gasteiger partial charge in [0.2, 0.25) is 0 Å². The Morgan fingerprint density at radius 1 is 1.33 bits per heavy atom. The molecule has 1 aromatic carbocycles. The van der Waals surface area contributed by atoms with Crippen LogP contribution in [0.15, 0.2) is 6.07 Å². The summed E-state index contributed by atoms with van der Waals surface area (Å²) in [5.74, 6) is -0.0560. The fraction of sp³-hybridized carbons (Fsp3) is 0.600. The van der Waals surface area contributed by atoms with Crippen LogP contribution in [0.1, 0.15) is 49.3 Å². The number of halogens is 1. The minimum atomic E-state index is -0.184.